The maximum absolute atomic E-state index is 5.61. The van der Waals surface area contributed by atoms with Crippen LogP contribution in [0.2, 0.25) is 0 Å². The van der Waals surface area contributed by atoms with Crippen molar-refractivity contribution >= 4 is 50.6 Å². The zero-order valence-corrected chi connectivity index (χ0v) is 13.1. The summed E-state index contributed by atoms with van der Waals surface area (Å²) >= 11 is 11.2. The fourth-order valence-corrected chi connectivity index (χ4v) is 5.95. The summed E-state index contributed by atoms with van der Waals surface area (Å²) in [6, 6.07) is 0. The maximum Gasteiger partial charge on any atom is 0.189 e. The van der Waals surface area contributed by atoms with E-state index >= 15 is 0 Å². The summed E-state index contributed by atoms with van der Waals surface area (Å²) in [6.45, 7) is 11.2. The number of hydrogen-bond donors (Lipinski definition) is 0. The van der Waals surface area contributed by atoms with E-state index in [2.05, 4.69) is 31.6 Å². The van der Waals surface area contributed by atoms with E-state index in [0.717, 1.165) is 42.8 Å². The molecule has 1 fully saturated rings. The van der Waals surface area contributed by atoms with Crippen molar-refractivity contribution in [2.24, 2.45) is 0 Å². The molecule has 0 N–H and O–H groups in total. The fraction of sp³-hybridized carbons (Fsp3) is 0.417. The Bertz CT molecular complexity index is 471. The van der Waals surface area contributed by atoms with Crippen molar-refractivity contribution in [2.75, 3.05) is 26.2 Å². The normalized spacial score (nSPS) is 22.4. The summed E-state index contributed by atoms with van der Waals surface area (Å²) in [5, 5.41) is 3.06. The van der Waals surface area contributed by atoms with E-state index in [4.69, 9.17) is 24.4 Å². The molecule has 4 nitrogen and oxygen atoms in total. The monoisotopic (exact) mass is 312 g/mol. The van der Waals surface area contributed by atoms with Gasteiger partial charge >= 0.3 is 0 Å². The Morgan fingerprint density at radius 2 is 1.47 bits per heavy atom. The minimum absolute atomic E-state index is 0.202. The lowest BCUT2D eigenvalue weighted by atomic mass is 10.3. The second-order valence-electron chi connectivity index (χ2n) is 4.47. The second kappa shape index (κ2) is 4.88. The summed E-state index contributed by atoms with van der Waals surface area (Å²) in [5.41, 5.74) is 0. The molecular weight excluding hydrogens is 296 g/mol. The average Bonchev–Trinajstić information content (AvgIpc) is 2.84. The van der Waals surface area contributed by atoms with Gasteiger partial charge in [0.1, 0.15) is 0 Å². The van der Waals surface area contributed by atoms with Crippen molar-refractivity contribution in [3.8, 4) is 0 Å². The summed E-state index contributed by atoms with van der Waals surface area (Å²) in [5.74, 6) is 0. The molecule has 1 saturated heterocycles. The molecule has 0 aromatic rings. The van der Waals surface area contributed by atoms with Crippen LogP contribution >= 0.6 is 35.3 Å². The topological polar surface area (TPSA) is 13.0 Å². The van der Waals surface area contributed by atoms with E-state index in [1.807, 2.05) is 12.2 Å². The van der Waals surface area contributed by atoms with Gasteiger partial charge in [-0.05, 0) is 30.9 Å². The van der Waals surface area contributed by atoms with Crippen LogP contribution in [0.25, 0.3) is 0 Å². The lowest BCUT2D eigenvalue weighted by Crippen LogP contribution is -2.52. The van der Waals surface area contributed by atoms with Crippen LogP contribution in [0.5, 0.6) is 0 Å². The zero-order chi connectivity index (χ0) is 13.6. The molecule has 0 aromatic carbocycles. The molecule has 0 amide bonds. The van der Waals surface area contributed by atoms with Crippen LogP contribution < -0.4 is 0 Å². The molecule has 0 radical (unpaired) electrons. The van der Waals surface area contributed by atoms with Crippen molar-refractivity contribution in [1.29, 1.82) is 0 Å². The van der Waals surface area contributed by atoms with Gasteiger partial charge in [0.15, 0.2) is 15.3 Å². The van der Waals surface area contributed by atoms with Crippen LogP contribution in [0.3, 0.4) is 0 Å². The summed E-state index contributed by atoms with van der Waals surface area (Å²) < 4.78 is 4.44. The SMILES string of the molecule is C=CCN1C(=S)N2CCCN3C(=S)N(CC=C)S1=C23. The quantitative estimate of drug-likeness (QED) is 0.575. The third kappa shape index (κ3) is 1.75. The highest BCUT2D eigenvalue weighted by atomic mass is 32.2. The Morgan fingerprint density at radius 3 is 1.89 bits per heavy atom. The van der Waals surface area contributed by atoms with E-state index in [0.29, 0.717) is 0 Å². The van der Waals surface area contributed by atoms with Gasteiger partial charge in [-0.3, -0.25) is 18.4 Å². The van der Waals surface area contributed by atoms with Crippen LogP contribution in [-0.4, -0.2) is 59.9 Å². The Hall–Kier alpha value is -0.920. The van der Waals surface area contributed by atoms with Gasteiger partial charge in [0.25, 0.3) is 0 Å². The molecule has 19 heavy (non-hydrogen) atoms. The lowest BCUT2D eigenvalue weighted by Gasteiger charge is -2.36. The molecule has 0 saturated carbocycles. The fourth-order valence-electron chi connectivity index (χ4n) is 2.54. The molecule has 102 valence electrons. The highest BCUT2D eigenvalue weighted by Gasteiger charge is 2.47. The zero-order valence-electron chi connectivity index (χ0n) is 10.6. The van der Waals surface area contributed by atoms with Crippen LogP contribution in [0.1, 0.15) is 6.42 Å². The van der Waals surface area contributed by atoms with Crippen molar-refractivity contribution in [2.45, 2.75) is 6.42 Å². The molecule has 0 aliphatic carbocycles. The molecule has 0 spiro atoms. The molecule has 3 heterocycles. The minimum Gasteiger partial charge on any atom is -0.296 e. The number of hydrogen-bond acceptors (Lipinski definition) is 2. The standard InChI is InChI=1S/C12H16N4S3/c1-3-6-15-10(17)13-8-5-9-14-11(18)16(7-4-2)19(15)12(13)14/h3-4H,1-2,5-9H2. The van der Waals surface area contributed by atoms with Crippen molar-refractivity contribution in [3.63, 3.8) is 0 Å². The maximum atomic E-state index is 5.61. The Labute approximate surface area is 127 Å². The molecular formula is C12H16N4S3. The largest absolute Gasteiger partial charge is 0.296 e. The number of rotatable bonds is 4. The van der Waals surface area contributed by atoms with Crippen LogP contribution in [0.4, 0.5) is 0 Å². The minimum atomic E-state index is -0.202. The second-order valence-corrected chi connectivity index (χ2v) is 6.97. The molecule has 0 bridgehead atoms. The van der Waals surface area contributed by atoms with Crippen molar-refractivity contribution in [1.82, 2.24) is 18.4 Å². The number of thiocarbonyl (C=S) groups is 2. The third-order valence-electron chi connectivity index (χ3n) is 3.28. The van der Waals surface area contributed by atoms with E-state index < -0.39 is 0 Å². The first-order valence-electron chi connectivity index (χ1n) is 6.22. The summed E-state index contributed by atoms with van der Waals surface area (Å²) in [6.07, 6.45) is 4.89. The van der Waals surface area contributed by atoms with Crippen LogP contribution in [-0.2, 0) is 0 Å². The van der Waals surface area contributed by atoms with Gasteiger partial charge in [-0.2, -0.15) is 0 Å². The van der Waals surface area contributed by atoms with Crippen LogP contribution in [0, 0.1) is 0 Å². The number of nitrogens with zero attached hydrogens (tertiary/aromatic N) is 4. The van der Waals surface area contributed by atoms with E-state index in [1.165, 1.54) is 5.11 Å². The smallest absolute Gasteiger partial charge is 0.189 e. The first-order chi connectivity index (χ1) is 9.20. The van der Waals surface area contributed by atoms with E-state index in [9.17, 15) is 0 Å². The van der Waals surface area contributed by atoms with Crippen LogP contribution in [0.15, 0.2) is 25.3 Å². The van der Waals surface area contributed by atoms with Gasteiger partial charge in [-0.1, -0.05) is 12.2 Å². The van der Waals surface area contributed by atoms with E-state index in [1.54, 1.807) is 0 Å². The third-order valence-corrected chi connectivity index (χ3v) is 6.64. The highest BCUT2D eigenvalue weighted by molar-refractivity contribution is 8.14. The van der Waals surface area contributed by atoms with Gasteiger partial charge < -0.3 is 0 Å². The van der Waals surface area contributed by atoms with Gasteiger partial charge in [0, 0.05) is 13.1 Å². The Kier molecular flexibility index (Phi) is 3.36. The Balaban J connectivity index is 2.07. The van der Waals surface area contributed by atoms with Gasteiger partial charge in [-0.15, -0.1) is 13.2 Å². The van der Waals surface area contributed by atoms with E-state index in [-0.39, 0.29) is 10.9 Å². The molecule has 3 aliphatic heterocycles. The molecule has 0 atom stereocenters. The average molecular weight is 312 g/mol. The predicted octanol–water partition coefficient (Wildman–Crippen LogP) is 1.75. The molecule has 3 aliphatic rings. The van der Waals surface area contributed by atoms with Gasteiger partial charge in [-0.25, -0.2) is 0 Å². The lowest BCUT2D eigenvalue weighted by molar-refractivity contribution is 0.398. The van der Waals surface area contributed by atoms with Crippen molar-refractivity contribution in [3.05, 3.63) is 25.3 Å². The van der Waals surface area contributed by atoms with Gasteiger partial charge in [0.2, 0.25) is 0 Å². The van der Waals surface area contributed by atoms with Crippen molar-refractivity contribution < 1.29 is 0 Å². The predicted molar refractivity (Wildman–Crippen MR) is 89.6 cm³/mol. The molecule has 0 aromatic heterocycles. The summed E-state index contributed by atoms with van der Waals surface area (Å²) in [4.78, 5) is 4.47. The molecule has 0 unspecified atom stereocenters. The first-order valence-corrected chi connectivity index (χ1v) is 8.17. The molecule has 7 heteroatoms. The van der Waals surface area contributed by atoms with Gasteiger partial charge in [0.05, 0.1) is 23.9 Å². The highest BCUT2D eigenvalue weighted by Crippen LogP contribution is 2.43. The summed E-state index contributed by atoms with van der Waals surface area (Å²) in [7, 11) is -0.202. The molecule has 3 rings (SSSR count). The first kappa shape index (κ1) is 13.1. The Morgan fingerprint density at radius 1 is 1.00 bits per heavy atom.